The molecule has 28 heavy (non-hydrogen) atoms. The molecule has 2 aliphatic rings. The van der Waals surface area contributed by atoms with Gasteiger partial charge in [-0.25, -0.2) is 13.9 Å². The molecule has 2 aromatic rings. The second-order valence-corrected chi connectivity index (χ2v) is 6.87. The van der Waals surface area contributed by atoms with Crippen LogP contribution in [0.25, 0.3) is 0 Å². The van der Waals surface area contributed by atoms with Crippen LogP contribution in [0, 0.1) is 5.82 Å². The summed E-state index contributed by atoms with van der Waals surface area (Å²) >= 11 is 0. The minimum atomic E-state index is -0.553. The molecule has 2 saturated heterocycles. The summed E-state index contributed by atoms with van der Waals surface area (Å²) in [6.45, 7) is 3.16. The molecule has 10 nitrogen and oxygen atoms in total. The quantitative estimate of drug-likeness (QED) is 0.803. The van der Waals surface area contributed by atoms with Gasteiger partial charge in [0.15, 0.2) is 0 Å². The second-order valence-electron chi connectivity index (χ2n) is 6.87. The summed E-state index contributed by atoms with van der Waals surface area (Å²) in [7, 11) is 0. The number of cyclic esters (lactones) is 1. The SMILES string of the molecule is CC(=O)NC[C@H]1CN(c2ccc(N3CC[C@H](n4cnnn4)C3)c(F)c2)C(=O)O1. The fourth-order valence-corrected chi connectivity index (χ4v) is 3.53. The molecule has 0 radical (unpaired) electrons. The predicted octanol–water partition coefficient (Wildman–Crippen LogP) is 0.725. The molecule has 2 amide bonds. The number of hydrogen-bond acceptors (Lipinski definition) is 7. The van der Waals surface area contributed by atoms with Crippen LogP contribution < -0.4 is 15.1 Å². The molecule has 148 valence electrons. The van der Waals surface area contributed by atoms with Crippen LogP contribution in [-0.2, 0) is 9.53 Å². The van der Waals surface area contributed by atoms with Crippen molar-refractivity contribution in [1.82, 2.24) is 25.5 Å². The van der Waals surface area contributed by atoms with Crippen molar-refractivity contribution in [3.05, 3.63) is 30.3 Å². The van der Waals surface area contributed by atoms with Crippen molar-refractivity contribution in [2.24, 2.45) is 0 Å². The lowest BCUT2D eigenvalue weighted by molar-refractivity contribution is -0.119. The molecule has 1 N–H and O–H groups in total. The highest BCUT2D eigenvalue weighted by Gasteiger charge is 2.33. The van der Waals surface area contributed by atoms with E-state index in [1.807, 2.05) is 4.90 Å². The lowest BCUT2D eigenvalue weighted by atomic mass is 10.2. The van der Waals surface area contributed by atoms with Gasteiger partial charge in [-0.3, -0.25) is 9.69 Å². The van der Waals surface area contributed by atoms with E-state index >= 15 is 0 Å². The summed E-state index contributed by atoms with van der Waals surface area (Å²) in [6, 6.07) is 4.80. The highest BCUT2D eigenvalue weighted by atomic mass is 19.1. The Labute approximate surface area is 160 Å². The molecule has 2 aliphatic heterocycles. The van der Waals surface area contributed by atoms with Crippen molar-refractivity contribution in [1.29, 1.82) is 0 Å². The Balaban J connectivity index is 1.43. The normalized spacial score (nSPS) is 21.9. The van der Waals surface area contributed by atoms with Crippen molar-refractivity contribution in [2.75, 3.05) is 36.0 Å². The van der Waals surface area contributed by atoms with Crippen molar-refractivity contribution < 1.29 is 18.7 Å². The molecule has 3 heterocycles. The molecule has 2 fully saturated rings. The molecule has 1 aromatic heterocycles. The van der Waals surface area contributed by atoms with E-state index in [9.17, 15) is 14.0 Å². The van der Waals surface area contributed by atoms with Gasteiger partial charge in [0.1, 0.15) is 18.2 Å². The summed E-state index contributed by atoms with van der Waals surface area (Å²) in [4.78, 5) is 26.4. The Morgan fingerprint density at radius 2 is 2.25 bits per heavy atom. The summed E-state index contributed by atoms with van der Waals surface area (Å²) in [5.74, 6) is -0.608. The number of tetrazole rings is 1. The van der Waals surface area contributed by atoms with Gasteiger partial charge >= 0.3 is 6.09 Å². The Morgan fingerprint density at radius 1 is 1.39 bits per heavy atom. The lowest BCUT2D eigenvalue weighted by Gasteiger charge is -2.21. The molecule has 4 rings (SSSR count). The van der Waals surface area contributed by atoms with Gasteiger partial charge in [0.2, 0.25) is 5.91 Å². The first-order valence-electron chi connectivity index (χ1n) is 9.01. The van der Waals surface area contributed by atoms with Crippen LogP contribution in [0.2, 0.25) is 0 Å². The summed E-state index contributed by atoms with van der Waals surface area (Å²) in [5.41, 5.74) is 0.898. The van der Waals surface area contributed by atoms with Crippen LogP contribution in [-0.4, -0.2) is 64.5 Å². The van der Waals surface area contributed by atoms with E-state index < -0.39 is 18.0 Å². The summed E-state index contributed by atoms with van der Waals surface area (Å²) in [6.07, 6.45) is 1.36. The van der Waals surface area contributed by atoms with E-state index in [2.05, 4.69) is 20.8 Å². The molecule has 1 aromatic carbocycles. The van der Waals surface area contributed by atoms with Gasteiger partial charge in [0, 0.05) is 20.0 Å². The second kappa shape index (κ2) is 7.41. The van der Waals surface area contributed by atoms with Crippen LogP contribution in [0.4, 0.5) is 20.6 Å². The van der Waals surface area contributed by atoms with Crippen molar-refractivity contribution in [3.8, 4) is 0 Å². The zero-order valence-corrected chi connectivity index (χ0v) is 15.3. The third-order valence-corrected chi connectivity index (χ3v) is 4.94. The zero-order chi connectivity index (χ0) is 19.7. The standard InChI is InChI=1S/C17H20FN7O3/c1-11(26)19-7-14-9-24(17(27)28-14)12-2-3-16(15(18)6-12)23-5-4-13(8-23)25-10-20-21-22-25/h2-3,6,10,13-14H,4-5,7-9H2,1H3,(H,19,26)/t13-,14-/m0/s1. The van der Waals surface area contributed by atoms with Crippen LogP contribution in [0.3, 0.4) is 0 Å². The van der Waals surface area contributed by atoms with Gasteiger partial charge in [-0.15, -0.1) is 5.10 Å². The first-order chi connectivity index (χ1) is 13.5. The fraction of sp³-hybridized carbons (Fsp3) is 0.471. The third-order valence-electron chi connectivity index (χ3n) is 4.94. The van der Waals surface area contributed by atoms with Crippen LogP contribution in [0.15, 0.2) is 24.5 Å². The molecule has 0 spiro atoms. The van der Waals surface area contributed by atoms with Gasteiger partial charge in [-0.1, -0.05) is 0 Å². The summed E-state index contributed by atoms with van der Waals surface area (Å²) < 4.78 is 21.7. The van der Waals surface area contributed by atoms with E-state index in [4.69, 9.17) is 4.74 Å². The number of nitrogens with one attached hydrogen (secondary N) is 1. The van der Waals surface area contributed by atoms with E-state index in [1.54, 1.807) is 23.1 Å². The van der Waals surface area contributed by atoms with Gasteiger partial charge in [-0.05, 0) is 35.0 Å². The molecular formula is C17H20FN7O3. The van der Waals surface area contributed by atoms with Crippen molar-refractivity contribution in [3.63, 3.8) is 0 Å². The van der Waals surface area contributed by atoms with Gasteiger partial charge in [-0.2, -0.15) is 0 Å². The highest BCUT2D eigenvalue weighted by Crippen LogP contribution is 2.31. The van der Waals surface area contributed by atoms with Crippen LogP contribution >= 0.6 is 0 Å². The molecule has 0 bridgehead atoms. The predicted molar refractivity (Wildman–Crippen MR) is 96.4 cm³/mol. The fourth-order valence-electron chi connectivity index (χ4n) is 3.53. The Hall–Kier alpha value is -3.24. The van der Waals surface area contributed by atoms with Gasteiger partial charge < -0.3 is 15.0 Å². The number of hydrogen-bond donors (Lipinski definition) is 1. The van der Waals surface area contributed by atoms with Crippen molar-refractivity contribution in [2.45, 2.75) is 25.5 Å². The maximum absolute atomic E-state index is 14.8. The molecule has 2 atom stereocenters. The maximum atomic E-state index is 14.8. The largest absolute Gasteiger partial charge is 0.442 e. The number of halogens is 1. The number of carbonyl (C=O) groups excluding carboxylic acids is 2. The minimum absolute atomic E-state index is 0.0946. The number of carbonyl (C=O) groups is 2. The smallest absolute Gasteiger partial charge is 0.414 e. The Kier molecular flexibility index (Phi) is 4.80. The number of anilines is 2. The summed E-state index contributed by atoms with van der Waals surface area (Å²) in [5, 5.41) is 13.8. The van der Waals surface area contributed by atoms with Gasteiger partial charge in [0.25, 0.3) is 0 Å². The number of nitrogens with zero attached hydrogens (tertiary/aromatic N) is 6. The first-order valence-corrected chi connectivity index (χ1v) is 9.01. The Morgan fingerprint density at radius 3 is 2.96 bits per heavy atom. The number of rotatable bonds is 5. The molecule has 0 aliphatic carbocycles. The zero-order valence-electron chi connectivity index (χ0n) is 15.3. The maximum Gasteiger partial charge on any atom is 0.414 e. The van der Waals surface area contributed by atoms with Crippen LogP contribution in [0.5, 0.6) is 0 Å². The number of amides is 2. The van der Waals surface area contributed by atoms with E-state index in [0.29, 0.717) is 24.5 Å². The third kappa shape index (κ3) is 3.59. The van der Waals surface area contributed by atoms with Crippen molar-refractivity contribution >= 4 is 23.4 Å². The average molecular weight is 389 g/mol. The molecular weight excluding hydrogens is 369 g/mol. The number of ether oxygens (including phenoxy) is 1. The topological polar surface area (TPSA) is 105 Å². The molecule has 11 heteroatoms. The average Bonchev–Trinajstić information content (AvgIpc) is 3.40. The first kappa shape index (κ1) is 18.1. The van der Waals surface area contributed by atoms with E-state index in [0.717, 1.165) is 6.42 Å². The van der Waals surface area contributed by atoms with Gasteiger partial charge in [0.05, 0.1) is 30.5 Å². The number of benzene rings is 1. The van der Waals surface area contributed by atoms with Crippen LogP contribution in [0.1, 0.15) is 19.4 Å². The monoisotopic (exact) mass is 389 g/mol. The highest BCUT2D eigenvalue weighted by molar-refractivity contribution is 5.90. The Bertz CT molecular complexity index is 876. The molecule has 0 saturated carbocycles. The number of aromatic nitrogens is 4. The lowest BCUT2D eigenvalue weighted by Crippen LogP contribution is -2.33. The van der Waals surface area contributed by atoms with E-state index in [-0.39, 0.29) is 25.0 Å². The minimum Gasteiger partial charge on any atom is -0.442 e. The van der Waals surface area contributed by atoms with E-state index in [1.165, 1.54) is 17.9 Å². The molecule has 0 unspecified atom stereocenters.